The summed E-state index contributed by atoms with van der Waals surface area (Å²) in [7, 11) is 1.92. The summed E-state index contributed by atoms with van der Waals surface area (Å²) in [6.07, 6.45) is 9.05. The molecule has 0 spiro atoms. The Morgan fingerprint density at radius 3 is 2.81 bits per heavy atom. The normalized spacial score (nSPS) is 16.9. The van der Waals surface area contributed by atoms with Crippen molar-refractivity contribution in [3.05, 3.63) is 60.0 Å². The number of rotatable bonds is 5. The molecule has 1 N–H and O–H groups in total. The molecule has 4 heterocycles. The van der Waals surface area contributed by atoms with Crippen molar-refractivity contribution in [1.29, 1.82) is 0 Å². The van der Waals surface area contributed by atoms with E-state index >= 15 is 0 Å². The van der Waals surface area contributed by atoms with Crippen LogP contribution >= 0.6 is 0 Å². The number of carbonyl (C=O) groups is 1. The first-order valence-electron chi connectivity index (χ1n) is 8.93. The largest absolute Gasteiger partial charge is 0.343 e. The Labute approximate surface area is 157 Å². The van der Waals surface area contributed by atoms with Crippen LogP contribution in [0.25, 0.3) is 0 Å². The molecule has 9 nitrogen and oxygen atoms in total. The van der Waals surface area contributed by atoms with E-state index in [9.17, 15) is 4.79 Å². The summed E-state index contributed by atoms with van der Waals surface area (Å²) in [6.45, 7) is 4.92. The molecule has 27 heavy (non-hydrogen) atoms. The number of aromatic nitrogens is 6. The van der Waals surface area contributed by atoms with Crippen LogP contribution < -0.4 is 5.32 Å². The van der Waals surface area contributed by atoms with E-state index in [1.54, 1.807) is 18.5 Å². The minimum atomic E-state index is -0.213. The maximum absolute atomic E-state index is 12.5. The number of aryl methyl sites for hydroxylation is 1. The van der Waals surface area contributed by atoms with Crippen LogP contribution in [0.1, 0.15) is 40.7 Å². The Hall–Kier alpha value is -3.07. The van der Waals surface area contributed by atoms with Crippen LogP contribution in [0.2, 0.25) is 0 Å². The van der Waals surface area contributed by atoms with Gasteiger partial charge < -0.3 is 9.88 Å². The molecule has 0 radical (unpaired) electrons. The third kappa shape index (κ3) is 3.72. The van der Waals surface area contributed by atoms with Crippen LogP contribution in [-0.2, 0) is 26.7 Å². The molecule has 1 aliphatic heterocycles. The number of hydrogen-bond donors (Lipinski definition) is 1. The molecule has 4 rings (SSSR count). The lowest BCUT2D eigenvalue weighted by Crippen LogP contribution is -2.36. The molecular formula is C18H22N8O. The standard InChI is InChI=1S/C18H22N8O/c1-13-17-23-15(18(27)21-9-16-19-4-3-5-20-16)12-26(17)7-6-25(13)11-14-8-22-24(2)10-14/h3-5,8,10,12-13H,6-7,9,11H2,1-2H3,(H,21,27). The van der Waals surface area contributed by atoms with Gasteiger partial charge in [0.25, 0.3) is 5.91 Å². The van der Waals surface area contributed by atoms with Crippen molar-refractivity contribution in [2.24, 2.45) is 7.05 Å². The van der Waals surface area contributed by atoms with Gasteiger partial charge in [0.1, 0.15) is 17.3 Å². The predicted molar refractivity (Wildman–Crippen MR) is 97.5 cm³/mol. The van der Waals surface area contributed by atoms with Crippen molar-refractivity contribution in [1.82, 2.24) is 39.5 Å². The number of amides is 1. The monoisotopic (exact) mass is 366 g/mol. The molecule has 0 saturated heterocycles. The van der Waals surface area contributed by atoms with Gasteiger partial charge in [-0.25, -0.2) is 15.0 Å². The minimum absolute atomic E-state index is 0.123. The zero-order valence-electron chi connectivity index (χ0n) is 15.4. The molecule has 1 unspecified atom stereocenters. The SMILES string of the molecule is CC1c2nc(C(=O)NCc3ncccn3)cn2CCN1Cc1cnn(C)c1. The fourth-order valence-electron chi connectivity index (χ4n) is 3.32. The Bertz CT molecular complexity index is 932. The fourth-order valence-corrected chi connectivity index (χ4v) is 3.32. The van der Waals surface area contributed by atoms with E-state index in [2.05, 4.69) is 41.8 Å². The topological polar surface area (TPSA) is 93.8 Å². The zero-order valence-corrected chi connectivity index (χ0v) is 15.4. The lowest BCUT2D eigenvalue weighted by Gasteiger charge is -2.33. The zero-order chi connectivity index (χ0) is 18.8. The molecule has 140 valence electrons. The van der Waals surface area contributed by atoms with Gasteiger partial charge in [-0.3, -0.25) is 14.4 Å². The third-order valence-electron chi connectivity index (χ3n) is 4.76. The first-order valence-corrected chi connectivity index (χ1v) is 8.93. The van der Waals surface area contributed by atoms with Crippen LogP contribution in [0, 0.1) is 0 Å². The van der Waals surface area contributed by atoms with Crippen molar-refractivity contribution >= 4 is 5.91 Å². The Morgan fingerprint density at radius 1 is 1.26 bits per heavy atom. The van der Waals surface area contributed by atoms with E-state index in [0.29, 0.717) is 11.5 Å². The van der Waals surface area contributed by atoms with E-state index in [4.69, 9.17) is 0 Å². The summed E-state index contributed by atoms with van der Waals surface area (Å²) < 4.78 is 3.88. The quantitative estimate of drug-likeness (QED) is 0.721. The number of imidazole rings is 1. The second-order valence-corrected chi connectivity index (χ2v) is 6.69. The molecule has 0 fully saturated rings. The lowest BCUT2D eigenvalue weighted by molar-refractivity contribution is 0.0945. The smallest absolute Gasteiger partial charge is 0.271 e. The van der Waals surface area contributed by atoms with E-state index in [1.165, 1.54) is 5.56 Å². The van der Waals surface area contributed by atoms with Crippen molar-refractivity contribution in [2.45, 2.75) is 32.6 Å². The second kappa shape index (κ2) is 7.28. The number of fused-ring (bicyclic) bond motifs is 1. The van der Waals surface area contributed by atoms with Gasteiger partial charge in [0.05, 0.1) is 18.8 Å². The lowest BCUT2D eigenvalue weighted by atomic mass is 10.2. The number of nitrogens with one attached hydrogen (secondary N) is 1. The van der Waals surface area contributed by atoms with Crippen LogP contribution in [-0.4, -0.2) is 46.7 Å². The molecule has 1 amide bonds. The van der Waals surface area contributed by atoms with E-state index in [-0.39, 0.29) is 18.5 Å². The molecule has 1 atom stereocenters. The van der Waals surface area contributed by atoms with Crippen LogP contribution in [0.15, 0.2) is 37.1 Å². The van der Waals surface area contributed by atoms with Gasteiger partial charge in [-0.2, -0.15) is 5.10 Å². The fraction of sp³-hybridized carbons (Fsp3) is 0.389. The highest BCUT2D eigenvalue weighted by Crippen LogP contribution is 2.26. The number of carbonyl (C=O) groups excluding carboxylic acids is 1. The van der Waals surface area contributed by atoms with E-state index in [1.807, 2.05) is 30.3 Å². The summed E-state index contributed by atoms with van der Waals surface area (Å²) in [6, 6.07) is 1.87. The summed E-state index contributed by atoms with van der Waals surface area (Å²) in [5, 5.41) is 7.06. The maximum Gasteiger partial charge on any atom is 0.271 e. The minimum Gasteiger partial charge on any atom is -0.343 e. The molecule has 0 saturated carbocycles. The van der Waals surface area contributed by atoms with Gasteiger partial charge in [-0.15, -0.1) is 0 Å². The Balaban J connectivity index is 1.43. The van der Waals surface area contributed by atoms with Crippen molar-refractivity contribution in [3.63, 3.8) is 0 Å². The Morgan fingerprint density at radius 2 is 2.07 bits per heavy atom. The highest BCUT2D eigenvalue weighted by molar-refractivity contribution is 5.92. The van der Waals surface area contributed by atoms with Gasteiger partial charge in [0.2, 0.25) is 0 Å². The number of nitrogens with zero attached hydrogens (tertiary/aromatic N) is 7. The average molecular weight is 366 g/mol. The highest BCUT2D eigenvalue weighted by atomic mass is 16.1. The molecular weight excluding hydrogens is 344 g/mol. The Kier molecular flexibility index (Phi) is 4.68. The van der Waals surface area contributed by atoms with Crippen LogP contribution in [0.4, 0.5) is 0 Å². The first-order chi connectivity index (χ1) is 13.1. The molecule has 0 aliphatic carbocycles. The maximum atomic E-state index is 12.5. The molecule has 3 aromatic heterocycles. The molecule has 9 heteroatoms. The summed E-state index contributed by atoms with van der Waals surface area (Å²) in [4.78, 5) is 27.6. The van der Waals surface area contributed by atoms with Crippen LogP contribution in [0.5, 0.6) is 0 Å². The summed E-state index contributed by atoms with van der Waals surface area (Å²) in [5.41, 5.74) is 1.60. The van der Waals surface area contributed by atoms with Crippen molar-refractivity contribution in [3.8, 4) is 0 Å². The number of hydrogen-bond acceptors (Lipinski definition) is 6. The van der Waals surface area contributed by atoms with Crippen molar-refractivity contribution < 1.29 is 4.79 Å². The molecule has 3 aromatic rings. The summed E-state index contributed by atoms with van der Waals surface area (Å²) in [5.74, 6) is 1.27. The average Bonchev–Trinajstić information content (AvgIpc) is 3.29. The molecule has 0 bridgehead atoms. The van der Waals surface area contributed by atoms with Gasteiger partial charge in [0.15, 0.2) is 0 Å². The van der Waals surface area contributed by atoms with Gasteiger partial charge in [0, 0.05) is 57.0 Å². The molecule has 1 aliphatic rings. The van der Waals surface area contributed by atoms with E-state index < -0.39 is 0 Å². The highest BCUT2D eigenvalue weighted by Gasteiger charge is 2.27. The molecule has 0 aromatic carbocycles. The van der Waals surface area contributed by atoms with Gasteiger partial charge >= 0.3 is 0 Å². The van der Waals surface area contributed by atoms with Gasteiger partial charge in [-0.1, -0.05) is 0 Å². The third-order valence-corrected chi connectivity index (χ3v) is 4.76. The second-order valence-electron chi connectivity index (χ2n) is 6.69. The predicted octanol–water partition coefficient (Wildman–Crippen LogP) is 0.913. The first kappa shape index (κ1) is 17.3. The summed E-state index contributed by atoms with van der Waals surface area (Å²) >= 11 is 0. The van der Waals surface area contributed by atoms with Crippen LogP contribution in [0.3, 0.4) is 0 Å². The van der Waals surface area contributed by atoms with Gasteiger partial charge in [-0.05, 0) is 13.0 Å². The van der Waals surface area contributed by atoms with Crippen molar-refractivity contribution in [2.75, 3.05) is 6.54 Å². The van der Waals surface area contributed by atoms with E-state index in [0.717, 1.165) is 25.5 Å².